The van der Waals surface area contributed by atoms with Gasteiger partial charge in [0.2, 0.25) is 5.91 Å². The van der Waals surface area contributed by atoms with Crippen molar-refractivity contribution in [2.24, 2.45) is 17.6 Å². The molecule has 1 aromatic heterocycles. The number of thiophene rings is 1. The molecule has 0 saturated heterocycles. The van der Waals surface area contributed by atoms with Gasteiger partial charge in [0.05, 0.1) is 16.2 Å². The molecule has 18 heavy (non-hydrogen) atoms. The van der Waals surface area contributed by atoms with Gasteiger partial charge >= 0.3 is 0 Å². The van der Waals surface area contributed by atoms with E-state index in [9.17, 15) is 4.79 Å². The van der Waals surface area contributed by atoms with Gasteiger partial charge in [0.15, 0.2) is 0 Å². The summed E-state index contributed by atoms with van der Waals surface area (Å²) in [7, 11) is 0. The van der Waals surface area contributed by atoms with Crippen molar-refractivity contribution in [1.29, 1.82) is 0 Å². The Bertz CT molecular complexity index is 392. The highest BCUT2D eigenvalue weighted by atomic mass is 79.9. The standard InChI is InChI=1S/C13H21BrN2OS/c1-4-16(8-10-5-6-12(14)18-10)13(17)11(7-15)9(2)3/h5-6,9,11H,4,7-8,15H2,1-3H3. The van der Waals surface area contributed by atoms with Gasteiger partial charge in [0.1, 0.15) is 0 Å². The number of amides is 1. The van der Waals surface area contributed by atoms with E-state index in [-0.39, 0.29) is 17.7 Å². The maximum Gasteiger partial charge on any atom is 0.227 e. The Hall–Kier alpha value is -0.390. The summed E-state index contributed by atoms with van der Waals surface area (Å²) in [5.41, 5.74) is 5.71. The number of nitrogens with zero attached hydrogens (tertiary/aromatic N) is 1. The Balaban J connectivity index is 2.73. The van der Waals surface area contributed by atoms with Crippen molar-refractivity contribution in [3.8, 4) is 0 Å². The molecule has 0 radical (unpaired) electrons. The number of rotatable bonds is 6. The number of carbonyl (C=O) groups excluding carboxylic acids is 1. The van der Waals surface area contributed by atoms with Crippen LogP contribution < -0.4 is 5.73 Å². The van der Waals surface area contributed by atoms with Crippen LogP contribution in [0, 0.1) is 11.8 Å². The van der Waals surface area contributed by atoms with Crippen LogP contribution in [0.25, 0.3) is 0 Å². The van der Waals surface area contributed by atoms with Crippen molar-refractivity contribution in [3.05, 3.63) is 20.8 Å². The topological polar surface area (TPSA) is 46.3 Å². The number of nitrogens with two attached hydrogens (primary N) is 1. The van der Waals surface area contributed by atoms with Crippen LogP contribution in [-0.2, 0) is 11.3 Å². The summed E-state index contributed by atoms with van der Waals surface area (Å²) in [5.74, 6) is 0.375. The second kappa shape index (κ2) is 7.26. The van der Waals surface area contributed by atoms with E-state index in [2.05, 4.69) is 22.0 Å². The van der Waals surface area contributed by atoms with Crippen molar-refractivity contribution < 1.29 is 4.79 Å². The molecule has 5 heteroatoms. The van der Waals surface area contributed by atoms with Crippen LogP contribution in [-0.4, -0.2) is 23.9 Å². The monoisotopic (exact) mass is 332 g/mol. The summed E-state index contributed by atoms with van der Waals surface area (Å²) in [5, 5.41) is 0. The third kappa shape index (κ3) is 4.07. The molecule has 0 aliphatic carbocycles. The Morgan fingerprint density at radius 1 is 1.50 bits per heavy atom. The first-order chi connectivity index (χ1) is 8.49. The van der Waals surface area contributed by atoms with Crippen molar-refractivity contribution >= 4 is 33.2 Å². The van der Waals surface area contributed by atoms with Gasteiger partial charge in [-0.1, -0.05) is 13.8 Å². The van der Waals surface area contributed by atoms with Gasteiger partial charge in [-0.05, 0) is 40.9 Å². The molecule has 0 spiro atoms. The third-order valence-electron chi connectivity index (χ3n) is 3.04. The van der Waals surface area contributed by atoms with Crippen LogP contribution in [0.5, 0.6) is 0 Å². The fourth-order valence-corrected chi connectivity index (χ4v) is 3.36. The second-order valence-electron chi connectivity index (χ2n) is 4.64. The van der Waals surface area contributed by atoms with Crippen LogP contribution in [0.15, 0.2) is 15.9 Å². The first kappa shape index (κ1) is 15.7. The highest BCUT2D eigenvalue weighted by Crippen LogP contribution is 2.24. The average molecular weight is 333 g/mol. The zero-order valence-electron chi connectivity index (χ0n) is 11.1. The molecule has 0 bridgehead atoms. The van der Waals surface area contributed by atoms with Gasteiger partial charge in [0, 0.05) is 18.0 Å². The van der Waals surface area contributed by atoms with E-state index in [1.54, 1.807) is 11.3 Å². The molecule has 1 heterocycles. The Morgan fingerprint density at radius 2 is 2.17 bits per heavy atom. The van der Waals surface area contributed by atoms with Gasteiger partial charge in [-0.25, -0.2) is 0 Å². The zero-order valence-corrected chi connectivity index (χ0v) is 13.6. The Morgan fingerprint density at radius 3 is 2.56 bits per heavy atom. The predicted molar refractivity (Wildman–Crippen MR) is 80.5 cm³/mol. The van der Waals surface area contributed by atoms with Crippen LogP contribution in [0.1, 0.15) is 25.6 Å². The fraction of sp³-hybridized carbons (Fsp3) is 0.615. The fourth-order valence-electron chi connectivity index (χ4n) is 1.86. The van der Waals surface area contributed by atoms with Crippen LogP contribution in [0.2, 0.25) is 0 Å². The van der Waals surface area contributed by atoms with Gasteiger partial charge in [0.25, 0.3) is 0 Å². The molecule has 0 aromatic carbocycles. The highest BCUT2D eigenvalue weighted by molar-refractivity contribution is 9.11. The van der Waals surface area contributed by atoms with Crippen LogP contribution >= 0.6 is 27.3 Å². The van der Waals surface area contributed by atoms with Crippen molar-refractivity contribution in [2.75, 3.05) is 13.1 Å². The van der Waals surface area contributed by atoms with Gasteiger partial charge in [-0.2, -0.15) is 0 Å². The molecular formula is C13H21BrN2OS. The number of carbonyl (C=O) groups is 1. The molecule has 0 aliphatic heterocycles. The number of hydrogen-bond acceptors (Lipinski definition) is 3. The molecule has 102 valence electrons. The van der Waals surface area contributed by atoms with E-state index in [0.29, 0.717) is 13.1 Å². The lowest BCUT2D eigenvalue weighted by atomic mass is 9.94. The van der Waals surface area contributed by atoms with Crippen molar-refractivity contribution in [3.63, 3.8) is 0 Å². The summed E-state index contributed by atoms with van der Waals surface area (Å²) in [6, 6.07) is 4.07. The molecule has 1 rings (SSSR count). The minimum absolute atomic E-state index is 0.0756. The average Bonchev–Trinajstić information content (AvgIpc) is 2.72. The van der Waals surface area contributed by atoms with Crippen molar-refractivity contribution in [1.82, 2.24) is 4.90 Å². The molecule has 0 fully saturated rings. The van der Waals surface area contributed by atoms with Gasteiger partial charge in [-0.15, -0.1) is 11.3 Å². The SMILES string of the molecule is CCN(Cc1ccc(Br)s1)C(=O)C(CN)C(C)C. The van der Waals surface area contributed by atoms with Crippen LogP contribution in [0.3, 0.4) is 0 Å². The molecule has 2 N–H and O–H groups in total. The smallest absolute Gasteiger partial charge is 0.227 e. The van der Waals surface area contributed by atoms with E-state index < -0.39 is 0 Å². The lowest BCUT2D eigenvalue weighted by molar-refractivity contribution is -0.137. The molecule has 1 aromatic rings. The van der Waals surface area contributed by atoms with E-state index >= 15 is 0 Å². The summed E-state index contributed by atoms with van der Waals surface area (Å²) in [6.45, 7) is 7.91. The van der Waals surface area contributed by atoms with E-state index in [0.717, 1.165) is 10.3 Å². The highest BCUT2D eigenvalue weighted by Gasteiger charge is 2.25. The molecule has 1 unspecified atom stereocenters. The summed E-state index contributed by atoms with van der Waals surface area (Å²) in [4.78, 5) is 15.5. The summed E-state index contributed by atoms with van der Waals surface area (Å²) < 4.78 is 1.10. The number of halogens is 1. The summed E-state index contributed by atoms with van der Waals surface area (Å²) in [6.07, 6.45) is 0. The lowest BCUT2D eigenvalue weighted by Crippen LogP contribution is -2.40. The Kier molecular flexibility index (Phi) is 6.32. The van der Waals surface area contributed by atoms with E-state index in [1.807, 2.05) is 31.7 Å². The normalized spacial score (nSPS) is 12.8. The van der Waals surface area contributed by atoms with Gasteiger partial charge < -0.3 is 10.6 Å². The van der Waals surface area contributed by atoms with E-state index in [4.69, 9.17) is 5.73 Å². The maximum absolute atomic E-state index is 12.4. The molecule has 3 nitrogen and oxygen atoms in total. The molecule has 1 amide bonds. The lowest BCUT2D eigenvalue weighted by Gasteiger charge is -2.27. The quantitative estimate of drug-likeness (QED) is 0.870. The number of hydrogen-bond donors (Lipinski definition) is 1. The maximum atomic E-state index is 12.4. The van der Waals surface area contributed by atoms with Gasteiger partial charge in [-0.3, -0.25) is 4.79 Å². The minimum atomic E-state index is -0.0756. The molecule has 1 atom stereocenters. The second-order valence-corrected chi connectivity index (χ2v) is 7.19. The first-order valence-electron chi connectivity index (χ1n) is 6.22. The van der Waals surface area contributed by atoms with Crippen LogP contribution in [0.4, 0.5) is 0 Å². The largest absolute Gasteiger partial charge is 0.338 e. The minimum Gasteiger partial charge on any atom is -0.338 e. The molecular weight excluding hydrogens is 312 g/mol. The van der Waals surface area contributed by atoms with E-state index in [1.165, 1.54) is 4.88 Å². The Labute approximate surface area is 121 Å². The predicted octanol–water partition coefficient (Wildman–Crippen LogP) is 3.09. The molecule has 0 aliphatic rings. The zero-order chi connectivity index (χ0) is 13.7. The third-order valence-corrected chi connectivity index (χ3v) is 4.65. The summed E-state index contributed by atoms with van der Waals surface area (Å²) >= 11 is 5.11. The first-order valence-corrected chi connectivity index (χ1v) is 7.83. The van der Waals surface area contributed by atoms with Crippen molar-refractivity contribution in [2.45, 2.75) is 27.3 Å². The molecule has 0 saturated carbocycles.